The molecule has 1 N–H and O–H groups in total. The Hall–Kier alpha value is -2.88. The van der Waals surface area contributed by atoms with Gasteiger partial charge in [0.1, 0.15) is 5.58 Å². The molecule has 1 unspecified atom stereocenters. The number of hydrogen-bond acceptors (Lipinski definition) is 3. The zero-order chi connectivity index (χ0) is 16.1. The summed E-state index contributed by atoms with van der Waals surface area (Å²) in [6.45, 7) is 3.92. The van der Waals surface area contributed by atoms with Crippen molar-refractivity contribution in [2.24, 2.45) is 0 Å². The molecule has 0 radical (unpaired) electrons. The van der Waals surface area contributed by atoms with Crippen molar-refractivity contribution in [2.75, 3.05) is 0 Å². The molecule has 0 spiro atoms. The van der Waals surface area contributed by atoms with E-state index in [1.165, 1.54) is 0 Å². The predicted octanol–water partition coefficient (Wildman–Crippen LogP) is 3.24. The van der Waals surface area contributed by atoms with Gasteiger partial charge in [0.25, 0.3) is 5.91 Å². The number of benzene rings is 2. The number of hydrogen-bond donors (Lipinski definition) is 1. The average Bonchev–Trinajstić information content (AvgIpc) is 2.86. The maximum atomic E-state index is 12.9. The van der Waals surface area contributed by atoms with E-state index in [1.54, 1.807) is 12.1 Å². The fraction of sp³-hybridized carbons (Fsp3) is 0.158. The Bertz CT molecular complexity index is 1000. The molecule has 2 heterocycles. The molecule has 0 bridgehead atoms. The molecule has 1 aliphatic heterocycles. The quantitative estimate of drug-likeness (QED) is 0.751. The van der Waals surface area contributed by atoms with E-state index in [-0.39, 0.29) is 17.1 Å². The first kappa shape index (κ1) is 13.8. The van der Waals surface area contributed by atoms with Crippen molar-refractivity contribution in [1.29, 1.82) is 0 Å². The van der Waals surface area contributed by atoms with Gasteiger partial charge in [0.2, 0.25) is 5.76 Å². The molecular formula is C19H15NO3. The highest BCUT2D eigenvalue weighted by Crippen LogP contribution is 2.31. The van der Waals surface area contributed by atoms with E-state index in [0.717, 1.165) is 16.7 Å². The summed E-state index contributed by atoms with van der Waals surface area (Å²) in [6, 6.07) is 12.7. The van der Waals surface area contributed by atoms with E-state index in [0.29, 0.717) is 16.5 Å². The summed E-state index contributed by atoms with van der Waals surface area (Å²) in [5, 5.41) is 3.36. The maximum Gasteiger partial charge on any atom is 0.288 e. The van der Waals surface area contributed by atoms with Gasteiger partial charge < -0.3 is 9.73 Å². The molecule has 1 atom stereocenters. The van der Waals surface area contributed by atoms with Crippen LogP contribution < -0.4 is 10.7 Å². The summed E-state index contributed by atoms with van der Waals surface area (Å²) in [5.74, 6) is -0.220. The van der Waals surface area contributed by atoms with Gasteiger partial charge in [0.15, 0.2) is 5.43 Å². The third-order valence-electron chi connectivity index (χ3n) is 4.26. The highest BCUT2D eigenvalue weighted by molar-refractivity contribution is 5.99. The van der Waals surface area contributed by atoms with Crippen LogP contribution in [0.2, 0.25) is 0 Å². The molecule has 0 saturated heterocycles. The third kappa shape index (κ3) is 2.06. The predicted molar refractivity (Wildman–Crippen MR) is 87.7 cm³/mol. The van der Waals surface area contributed by atoms with Crippen LogP contribution in [0.25, 0.3) is 11.0 Å². The first-order valence-electron chi connectivity index (χ1n) is 7.49. The number of aryl methyl sites for hydroxylation is 2. The second kappa shape index (κ2) is 4.81. The molecule has 1 aliphatic rings. The van der Waals surface area contributed by atoms with Crippen LogP contribution in [0.1, 0.15) is 38.9 Å². The van der Waals surface area contributed by atoms with E-state index >= 15 is 0 Å². The molecule has 2 aromatic carbocycles. The topological polar surface area (TPSA) is 59.3 Å². The number of carbonyl (C=O) groups is 1. The Balaban J connectivity index is 1.99. The highest BCUT2D eigenvalue weighted by Gasteiger charge is 2.35. The fourth-order valence-corrected chi connectivity index (χ4v) is 3.03. The summed E-state index contributed by atoms with van der Waals surface area (Å²) >= 11 is 0. The molecule has 4 nitrogen and oxygen atoms in total. The fourth-order valence-electron chi connectivity index (χ4n) is 3.03. The van der Waals surface area contributed by atoms with Gasteiger partial charge in [0.05, 0.1) is 17.0 Å². The largest absolute Gasteiger partial charge is 0.450 e. The first-order chi connectivity index (χ1) is 11.0. The van der Waals surface area contributed by atoms with Crippen molar-refractivity contribution in [3.05, 3.63) is 80.7 Å². The van der Waals surface area contributed by atoms with E-state index < -0.39 is 6.04 Å². The van der Waals surface area contributed by atoms with Gasteiger partial charge in [0, 0.05) is 0 Å². The van der Waals surface area contributed by atoms with E-state index in [2.05, 4.69) is 5.32 Å². The van der Waals surface area contributed by atoms with Crippen LogP contribution in [0.5, 0.6) is 0 Å². The minimum atomic E-state index is -0.459. The molecule has 23 heavy (non-hydrogen) atoms. The molecule has 1 amide bonds. The van der Waals surface area contributed by atoms with Crippen LogP contribution in [0, 0.1) is 13.8 Å². The number of nitrogens with one attached hydrogen (secondary N) is 1. The highest BCUT2D eigenvalue weighted by atomic mass is 16.3. The van der Waals surface area contributed by atoms with Gasteiger partial charge in [-0.25, -0.2) is 0 Å². The lowest BCUT2D eigenvalue weighted by atomic mass is 9.98. The van der Waals surface area contributed by atoms with Crippen molar-refractivity contribution >= 4 is 16.9 Å². The summed E-state index contributed by atoms with van der Waals surface area (Å²) in [5.41, 5.74) is 3.68. The smallest absolute Gasteiger partial charge is 0.288 e. The Labute approximate surface area is 132 Å². The lowest BCUT2D eigenvalue weighted by molar-refractivity contribution is 0.0938. The van der Waals surface area contributed by atoms with Crippen LogP contribution in [0.3, 0.4) is 0 Å². The summed E-state index contributed by atoms with van der Waals surface area (Å²) < 4.78 is 5.72. The molecule has 1 aromatic heterocycles. The van der Waals surface area contributed by atoms with E-state index in [1.807, 2.05) is 44.2 Å². The van der Waals surface area contributed by atoms with Crippen molar-refractivity contribution in [1.82, 2.24) is 5.32 Å². The monoisotopic (exact) mass is 305 g/mol. The van der Waals surface area contributed by atoms with Gasteiger partial charge >= 0.3 is 0 Å². The zero-order valence-corrected chi connectivity index (χ0v) is 12.8. The lowest BCUT2D eigenvalue weighted by Gasteiger charge is -2.11. The molecule has 114 valence electrons. The zero-order valence-electron chi connectivity index (χ0n) is 12.8. The summed E-state index contributed by atoms with van der Waals surface area (Å²) in [4.78, 5) is 25.2. The number of carbonyl (C=O) groups excluding carboxylic acids is 1. The normalized spacial score (nSPS) is 16.4. The lowest BCUT2D eigenvalue weighted by Crippen LogP contribution is -2.21. The second-order valence-electron chi connectivity index (χ2n) is 5.99. The molecule has 4 rings (SSSR count). The average molecular weight is 305 g/mol. The van der Waals surface area contributed by atoms with Crippen molar-refractivity contribution < 1.29 is 9.21 Å². The minimum Gasteiger partial charge on any atom is -0.450 e. The van der Waals surface area contributed by atoms with Crippen LogP contribution >= 0.6 is 0 Å². The molecule has 0 aliphatic carbocycles. The van der Waals surface area contributed by atoms with Crippen molar-refractivity contribution in [3.8, 4) is 0 Å². The Morgan fingerprint density at radius 1 is 0.957 bits per heavy atom. The van der Waals surface area contributed by atoms with Crippen LogP contribution in [0.4, 0.5) is 0 Å². The Kier molecular flexibility index (Phi) is 2.88. The van der Waals surface area contributed by atoms with E-state index in [9.17, 15) is 9.59 Å². The van der Waals surface area contributed by atoms with Crippen molar-refractivity contribution in [2.45, 2.75) is 19.9 Å². The van der Waals surface area contributed by atoms with Crippen molar-refractivity contribution in [3.63, 3.8) is 0 Å². The van der Waals surface area contributed by atoms with Gasteiger partial charge in [-0.05, 0) is 31.5 Å². The second-order valence-corrected chi connectivity index (χ2v) is 5.99. The van der Waals surface area contributed by atoms with Gasteiger partial charge in [-0.2, -0.15) is 0 Å². The molecule has 0 fully saturated rings. The molecule has 4 heteroatoms. The van der Waals surface area contributed by atoms with Gasteiger partial charge in [-0.3, -0.25) is 9.59 Å². The number of fused-ring (bicyclic) bond motifs is 2. The standard InChI is InChI=1S/C19H15NO3/c1-10-3-6-12(7-4-10)16-15-17(21)13-9-11(2)5-8-14(13)23-18(15)19(22)20-16/h3-9,16H,1-2H3,(H,20,22). The molecule has 0 saturated carbocycles. The molecule has 3 aromatic rings. The Morgan fingerprint density at radius 3 is 2.39 bits per heavy atom. The van der Waals surface area contributed by atoms with Crippen LogP contribution in [-0.4, -0.2) is 5.91 Å². The van der Waals surface area contributed by atoms with Crippen LogP contribution in [0.15, 0.2) is 51.7 Å². The first-order valence-corrected chi connectivity index (χ1v) is 7.49. The number of rotatable bonds is 1. The summed E-state index contributed by atoms with van der Waals surface area (Å²) in [7, 11) is 0. The third-order valence-corrected chi connectivity index (χ3v) is 4.26. The van der Waals surface area contributed by atoms with Gasteiger partial charge in [-0.1, -0.05) is 41.5 Å². The molecular weight excluding hydrogens is 290 g/mol. The Morgan fingerprint density at radius 2 is 1.65 bits per heavy atom. The summed E-state index contributed by atoms with van der Waals surface area (Å²) in [6.07, 6.45) is 0. The van der Waals surface area contributed by atoms with Crippen LogP contribution in [-0.2, 0) is 0 Å². The van der Waals surface area contributed by atoms with E-state index in [4.69, 9.17) is 4.42 Å². The number of amides is 1. The minimum absolute atomic E-state index is 0.122. The maximum absolute atomic E-state index is 12.9. The van der Waals surface area contributed by atoms with Gasteiger partial charge in [-0.15, -0.1) is 0 Å². The SMILES string of the molecule is Cc1ccc(C2NC(=O)c3oc4ccc(C)cc4c(=O)c32)cc1.